The van der Waals surface area contributed by atoms with Crippen LogP contribution in [0.5, 0.6) is 0 Å². The van der Waals surface area contributed by atoms with E-state index in [0.717, 1.165) is 10.6 Å². The number of hydrogen-bond acceptors (Lipinski definition) is 0. The van der Waals surface area contributed by atoms with Gasteiger partial charge >= 0.3 is 0 Å². The van der Waals surface area contributed by atoms with E-state index < -0.39 is 0 Å². The molecule has 1 rings (SSSR count). The molecule has 0 fully saturated rings. The minimum absolute atomic E-state index is 0.797. The summed E-state index contributed by atoms with van der Waals surface area (Å²) in [4.78, 5) is 0. The quantitative estimate of drug-likeness (QED) is 0.630. The molecule has 57 valence electrons. The van der Waals surface area contributed by atoms with Crippen molar-refractivity contribution in [3.63, 3.8) is 0 Å². The minimum atomic E-state index is 0.797. The van der Waals surface area contributed by atoms with Crippen molar-refractivity contribution in [2.45, 2.75) is 6.92 Å². The van der Waals surface area contributed by atoms with Gasteiger partial charge in [0.25, 0.3) is 0 Å². The monoisotopic (exact) mass is 165 g/mol. The summed E-state index contributed by atoms with van der Waals surface area (Å²) < 4.78 is 0. The summed E-state index contributed by atoms with van der Waals surface area (Å²) >= 11 is 5.89. The van der Waals surface area contributed by atoms with Crippen molar-refractivity contribution < 1.29 is 0 Å². The maximum atomic E-state index is 5.89. The van der Waals surface area contributed by atoms with Crippen LogP contribution < -0.4 is 0 Å². The summed E-state index contributed by atoms with van der Waals surface area (Å²) in [6.07, 6.45) is 5.94. The summed E-state index contributed by atoms with van der Waals surface area (Å²) in [7, 11) is 0. The van der Waals surface area contributed by atoms with Crippen molar-refractivity contribution in [2.75, 3.05) is 0 Å². The molecular weight excluding hydrogens is 156 g/mol. The third kappa shape index (κ3) is 2.39. The van der Waals surface area contributed by atoms with Gasteiger partial charge in [-0.05, 0) is 18.6 Å². The fraction of sp³-hybridized carbons (Fsp3) is 0.100. The lowest BCUT2D eigenvalue weighted by Crippen LogP contribution is -1.77. The zero-order chi connectivity index (χ0) is 8.10. The Kier molecular flexibility index (Phi) is 3.18. The van der Waals surface area contributed by atoms with Crippen LogP contribution in [-0.4, -0.2) is 0 Å². The van der Waals surface area contributed by atoms with Crippen LogP contribution in [0.25, 0.3) is 0 Å². The predicted molar refractivity (Wildman–Crippen MR) is 49.7 cm³/mol. The average molecular weight is 166 g/mol. The van der Waals surface area contributed by atoms with Gasteiger partial charge in [-0.3, -0.25) is 0 Å². The van der Waals surface area contributed by atoms with Crippen LogP contribution in [0, 0.1) is 6.42 Å². The highest BCUT2D eigenvalue weighted by Crippen LogP contribution is 2.16. The molecule has 0 amide bonds. The van der Waals surface area contributed by atoms with E-state index in [1.165, 1.54) is 0 Å². The fourth-order valence-electron chi connectivity index (χ4n) is 0.810. The molecule has 0 aliphatic rings. The zero-order valence-corrected chi connectivity index (χ0v) is 7.18. The molecule has 0 aliphatic heterocycles. The van der Waals surface area contributed by atoms with Crippen molar-refractivity contribution in [1.82, 2.24) is 0 Å². The van der Waals surface area contributed by atoms with E-state index in [2.05, 4.69) is 0 Å². The van der Waals surface area contributed by atoms with E-state index in [4.69, 9.17) is 11.6 Å². The lowest BCUT2D eigenvalue weighted by Gasteiger charge is -1.97. The van der Waals surface area contributed by atoms with Gasteiger partial charge in [-0.15, -0.1) is 0 Å². The molecule has 0 spiro atoms. The molecule has 1 radical (unpaired) electrons. The Labute approximate surface area is 72.5 Å². The second kappa shape index (κ2) is 4.20. The van der Waals surface area contributed by atoms with Crippen molar-refractivity contribution in [3.8, 4) is 0 Å². The van der Waals surface area contributed by atoms with Gasteiger partial charge in [-0.2, -0.15) is 0 Å². The third-order valence-corrected chi connectivity index (χ3v) is 1.72. The molecule has 0 saturated carbocycles. The van der Waals surface area contributed by atoms with Gasteiger partial charge < -0.3 is 0 Å². The van der Waals surface area contributed by atoms with E-state index in [1.807, 2.05) is 49.8 Å². The molecule has 0 bridgehead atoms. The normalized spacial score (nSPS) is 10.7. The van der Waals surface area contributed by atoms with E-state index in [1.54, 1.807) is 0 Å². The molecule has 0 heterocycles. The molecule has 1 aromatic carbocycles. The Morgan fingerprint density at radius 2 is 2.00 bits per heavy atom. The SMILES string of the molecule is C/C=C/[CH]c1ccccc1Cl. The third-order valence-electron chi connectivity index (χ3n) is 1.37. The average Bonchev–Trinajstić information content (AvgIpc) is 2.03. The fourth-order valence-corrected chi connectivity index (χ4v) is 1.01. The molecule has 0 aliphatic carbocycles. The summed E-state index contributed by atoms with van der Waals surface area (Å²) in [6, 6.07) is 7.77. The van der Waals surface area contributed by atoms with Gasteiger partial charge in [0.05, 0.1) is 0 Å². The summed E-state index contributed by atoms with van der Waals surface area (Å²) in [6.45, 7) is 1.98. The molecule has 11 heavy (non-hydrogen) atoms. The molecule has 0 saturated heterocycles. The van der Waals surface area contributed by atoms with E-state index in [0.29, 0.717) is 0 Å². The molecule has 0 nitrogen and oxygen atoms in total. The van der Waals surface area contributed by atoms with Gasteiger partial charge in [-0.25, -0.2) is 0 Å². The smallest absolute Gasteiger partial charge is 0.0444 e. The van der Waals surface area contributed by atoms with Crippen molar-refractivity contribution in [2.24, 2.45) is 0 Å². The first-order valence-electron chi connectivity index (χ1n) is 3.55. The van der Waals surface area contributed by atoms with Crippen LogP contribution in [-0.2, 0) is 0 Å². The first kappa shape index (κ1) is 8.35. The topological polar surface area (TPSA) is 0 Å². The first-order chi connectivity index (χ1) is 5.34. The highest BCUT2D eigenvalue weighted by molar-refractivity contribution is 6.31. The van der Waals surface area contributed by atoms with E-state index >= 15 is 0 Å². The van der Waals surface area contributed by atoms with Crippen LogP contribution in [0.15, 0.2) is 36.4 Å². The van der Waals surface area contributed by atoms with Gasteiger partial charge in [0.1, 0.15) is 0 Å². The standard InChI is InChI=1S/C10H10Cl/c1-2-3-6-9-7-4-5-8-10(9)11/h2-8H,1H3/b3-2+. The lowest BCUT2D eigenvalue weighted by atomic mass is 10.1. The van der Waals surface area contributed by atoms with Crippen LogP contribution in [0.3, 0.4) is 0 Å². The molecule has 1 aromatic rings. The van der Waals surface area contributed by atoms with Crippen molar-refractivity contribution >= 4 is 11.6 Å². The van der Waals surface area contributed by atoms with E-state index in [9.17, 15) is 0 Å². The largest absolute Gasteiger partial charge is 0.0910 e. The lowest BCUT2D eigenvalue weighted by molar-refractivity contribution is 1.51. The number of benzene rings is 1. The number of rotatable bonds is 2. The van der Waals surface area contributed by atoms with Gasteiger partial charge in [0.2, 0.25) is 0 Å². The molecule has 0 aromatic heterocycles. The Bertz CT molecular complexity index is 251. The highest BCUT2D eigenvalue weighted by Gasteiger charge is 1.94. The summed E-state index contributed by atoms with van der Waals surface area (Å²) in [5, 5.41) is 0.797. The van der Waals surface area contributed by atoms with E-state index in [-0.39, 0.29) is 0 Å². The van der Waals surface area contributed by atoms with Crippen molar-refractivity contribution in [1.29, 1.82) is 0 Å². The molecule has 0 unspecified atom stereocenters. The first-order valence-corrected chi connectivity index (χ1v) is 3.93. The molecule has 0 atom stereocenters. The van der Waals surface area contributed by atoms with Crippen LogP contribution >= 0.6 is 11.6 Å². The molecule has 1 heteroatoms. The minimum Gasteiger partial charge on any atom is -0.0910 e. The van der Waals surface area contributed by atoms with Gasteiger partial charge in [-0.1, -0.05) is 42.0 Å². The Hall–Kier alpha value is -0.750. The number of halogens is 1. The van der Waals surface area contributed by atoms with Crippen LogP contribution in [0.1, 0.15) is 12.5 Å². The Morgan fingerprint density at radius 1 is 1.27 bits per heavy atom. The zero-order valence-electron chi connectivity index (χ0n) is 6.42. The van der Waals surface area contributed by atoms with Crippen molar-refractivity contribution in [3.05, 3.63) is 53.4 Å². The van der Waals surface area contributed by atoms with Gasteiger partial charge in [0, 0.05) is 11.4 Å². The second-order valence-corrected chi connectivity index (χ2v) is 2.62. The summed E-state index contributed by atoms with van der Waals surface area (Å²) in [5.74, 6) is 0. The van der Waals surface area contributed by atoms with Crippen LogP contribution in [0.4, 0.5) is 0 Å². The molecular formula is C10H10Cl. The highest BCUT2D eigenvalue weighted by atomic mass is 35.5. The second-order valence-electron chi connectivity index (χ2n) is 2.21. The number of allylic oxidation sites excluding steroid dienone is 2. The predicted octanol–water partition coefficient (Wildman–Crippen LogP) is 3.47. The summed E-state index contributed by atoms with van der Waals surface area (Å²) in [5.41, 5.74) is 1.06. The Morgan fingerprint density at radius 3 is 2.64 bits per heavy atom. The number of hydrogen-bond donors (Lipinski definition) is 0. The van der Waals surface area contributed by atoms with Gasteiger partial charge in [0.15, 0.2) is 0 Å². The molecule has 0 N–H and O–H groups in total. The maximum absolute atomic E-state index is 5.89. The van der Waals surface area contributed by atoms with Crippen LogP contribution in [0.2, 0.25) is 5.02 Å². The maximum Gasteiger partial charge on any atom is 0.0444 e. The Balaban J connectivity index is 2.77.